The molecular formula is C11H14N2O. The number of nitrogens with one attached hydrogen (secondary N) is 1. The van der Waals surface area contributed by atoms with Gasteiger partial charge in [0.05, 0.1) is 6.54 Å². The number of carbonyl (C=O) groups is 1. The monoisotopic (exact) mass is 190 g/mol. The van der Waals surface area contributed by atoms with Gasteiger partial charge in [-0.1, -0.05) is 18.2 Å². The number of urea groups is 1. The maximum Gasteiger partial charge on any atom is 0.321 e. The van der Waals surface area contributed by atoms with Crippen LogP contribution in [-0.4, -0.2) is 23.5 Å². The van der Waals surface area contributed by atoms with Crippen LogP contribution in [0.1, 0.15) is 13.8 Å². The van der Waals surface area contributed by atoms with Gasteiger partial charge in [-0.05, 0) is 25.0 Å². The lowest BCUT2D eigenvalue weighted by atomic mass is 10.2. The Hall–Kier alpha value is -1.51. The van der Waals surface area contributed by atoms with Gasteiger partial charge in [0.15, 0.2) is 0 Å². The second-order valence-corrected chi connectivity index (χ2v) is 3.87. The first kappa shape index (κ1) is 9.06. The van der Waals surface area contributed by atoms with Gasteiger partial charge < -0.3 is 5.32 Å². The molecule has 0 saturated heterocycles. The van der Waals surface area contributed by atoms with E-state index in [9.17, 15) is 4.79 Å². The van der Waals surface area contributed by atoms with Crippen molar-refractivity contribution in [3.05, 3.63) is 35.6 Å². The van der Waals surface area contributed by atoms with Crippen LogP contribution in [0.15, 0.2) is 35.6 Å². The van der Waals surface area contributed by atoms with Crippen molar-refractivity contribution in [3.63, 3.8) is 0 Å². The van der Waals surface area contributed by atoms with Gasteiger partial charge in [0.1, 0.15) is 0 Å². The van der Waals surface area contributed by atoms with Gasteiger partial charge in [-0.15, -0.1) is 0 Å². The molecule has 1 aliphatic carbocycles. The van der Waals surface area contributed by atoms with Gasteiger partial charge >= 0.3 is 6.03 Å². The molecule has 0 radical (unpaired) electrons. The van der Waals surface area contributed by atoms with Crippen molar-refractivity contribution in [2.24, 2.45) is 0 Å². The summed E-state index contributed by atoms with van der Waals surface area (Å²) in [7, 11) is 0. The molecule has 74 valence electrons. The van der Waals surface area contributed by atoms with Gasteiger partial charge in [0.25, 0.3) is 0 Å². The number of amides is 2. The topological polar surface area (TPSA) is 32.3 Å². The maximum absolute atomic E-state index is 11.6. The van der Waals surface area contributed by atoms with E-state index in [2.05, 4.69) is 11.4 Å². The predicted octanol–water partition coefficient (Wildman–Crippen LogP) is 1.80. The van der Waals surface area contributed by atoms with Crippen molar-refractivity contribution in [1.82, 2.24) is 10.2 Å². The third-order valence-corrected chi connectivity index (χ3v) is 2.25. The Labute approximate surface area is 83.8 Å². The van der Waals surface area contributed by atoms with E-state index in [1.165, 1.54) is 5.57 Å². The van der Waals surface area contributed by atoms with E-state index in [0.717, 1.165) is 5.57 Å². The third-order valence-electron chi connectivity index (χ3n) is 2.25. The van der Waals surface area contributed by atoms with Crippen molar-refractivity contribution in [3.8, 4) is 0 Å². The van der Waals surface area contributed by atoms with Gasteiger partial charge in [-0.2, -0.15) is 0 Å². The Morgan fingerprint density at radius 1 is 1.57 bits per heavy atom. The lowest BCUT2D eigenvalue weighted by Crippen LogP contribution is -2.39. The highest BCUT2D eigenvalue weighted by Crippen LogP contribution is 2.25. The fraction of sp³-hybridized carbons (Fsp3) is 0.364. The number of allylic oxidation sites excluding steroid dienone is 3. The van der Waals surface area contributed by atoms with Gasteiger partial charge in [0, 0.05) is 12.2 Å². The zero-order valence-electron chi connectivity index (χ0n) is 8.45. The first-order chi connectivity index (χ1) is 6.66. The average Bonchev–Trinajstić information content (AvgIpc) is 2.58. The van der Waals surface area contributed by atoms with E-state index in [0.29, 0.717) is 6.54 Å². The first-order valence-electron chi connectivity index (χ1n) is 4.83. The van der Waals surface area contributed by atoms with E-state index in [-0.39, 0.29) is 12.1 Å². The Balaban J connectivity index is 2.03. The van der Waals surface area contributed by atoms with E-state index in [1.807, 2.05) is 32.2 Å². The lowest BCUT2D eigenvalue weighted by Gasteiger charge is -2.16. The van der Waals surface area contributed by atoms with E-state index in [1.54, 1.807) is 4.90 Å². The van der Waals surface area contributed by atoms with Crippen LogP contribution in [0, 0.1) is 0 Å². The molecule has 0 aromatic rings. The second kappa shape index (κ2) is 3.33. The van der Waals surface area contributed by atoms with Crippen LogP contribution < -0.4 is 5.32 Å². The highest BCUT2D eigenvalue weighted by Gasteiger charge is 2.22. The number of rotatable bonds is 1. The highest BCUT2D eigenvalue weighted by molar-refractivity contribution is 5.78. The summed E-state index contributed by atoms with van der Waals surface area (Å²) >= 11 is 0. The summed E-state index contributed by atoms with van der Waals surface area (Å²) < 4.78 is 0. The van der Waals surface area contributed by atoms with Gasteiger partial charge in [-0.25, -0.2) is 4.79 Å². The minimum atomic E-state index is -0.0174. The quantitative estimate of drug-likeness (QED) is 0.671. The van der Waals surface area contributed by atoms with Crippen LogP contribution in [-0.2, 0) is 0 Å². The largest absolute Gasteiger partial charge is 0.336 e. The van der Waals surface area contributed by atoms with Crippen molar-refractivity contribution < 1.29 is 4.79 Å². The molecule has 0 bridgehead atoms. The molecule has 1 heterocycles. The van der Waals surface area contributed by atoms with Crippen molar-refractivity contribution in [2.75, 3.05) is 6.54 Å². The van der Waals surface area contributed by atoms with E-state index >= 15 is 0 Å². The summed E-state index contributed by atoms with van der Waals surface area (Å²) in [5.74, 6) is 0. The zero-order chi connectivity index (χ0) is 10.1. The molecule has 1 aliphatic heterocycles. The molecule has 0 aromatic heterocycles. The van der Waals surface area contributed by atoms with Crippen LogP contribution in [0.5, 0.6) is 0 Å². The van der Waals surface area contributed by atoms with Gasteiger partial charge in [0.2, 0.25) is 0 Å². The van der Waals surface area contributed by atoms with Crippen LogP contribution in [0.25, 0.3) is 0 Å². The molecule has 14 heavy (non-hydrogen) atoms. The molecule has 3 heteroatoms. The normalized spacial score (nSPS) is 18.4. The molecule has 1 N–H and O–H groups in total. The SMILES string of the molecule is CC(C)NC(=O)N1C=C2C=CC=C2C1. The summed E-state index contributed by atoms with van der Waals surface area (Å²) in [5.41, 5.74) is 2.38. The molecule has 0 spiro atoms. The highest BCUT2D eigenvalue weighted by atomic mass is 16.2. The lowest BCUT2D eigenvalue weighted by molar-refractivity contribution is 0.217. The number of carbonyl (C=O) groups excluding carboxylic acids is 1. The van der Waals surface area contributed by atoms with Crippen LogP contribution in [0.3, 0.4) is 0 Å². The number of hydrogen-bond acceptors (Lipinski definition) is 1. The van der Waals surface area contributed by atoms with Crippen LogP contribution in [0.2, 0.25) is 0 Å². The fourth-order valence-corrected chi connectivity index (χ4v) is 1.60. The number of fused-ring (bicyclic) bond motifs is 1. The van der Waals surface area contributed by atoms with Crippen LogP contribution in [0.4, 0.5) is 4.79 Å². The zero-order valence-corrected chi connectivity index (χ0v) is 8.45. The molecule has 0 fully saturated rings. The van der Waals surface area contributed by atoms with E-state index < -0.39 is 0 Å². The summed E-state index contributed by atoms with van der Waals surface area (Å²) in [5, 5.41) is 2.87. The minimum absolute atomic E-state index is 0.0174. The summed E-state index contributed by atoms with van der Waals surface area (Å²) in [4.78, 5) is 13.3. The van der Waals surface area contributed by atoms with Crippen LogP contribution >= 0.6 is 0 Å². The molecule has 2 amide bonds. The molecular weight excluding hydrogens is 176 g/mol. The molecule has 2 aliphatic rings. The van der Waals surface area contributed by atoms with Crippen molar-refractivity contribution in [1.29, 1.82) is 0 Å². The Bertz CT molecular complexity index is 350. The Kier molecular flexibility index (Phi) is 2.15. The fourth-order valence-electron chi connectivity index (χ4n) is 1.60. The standard InChI is InChI=1S/C11H14N2O/c1-8(2)12-11(14)13-6-9-4-3-5-10(9)7-13/h3-6,8H,7H2,1-2H3,(H,12,14). The number of nitrogens with zero attached hydrogens (tertiary/aromatic N) is 1. The Morgan fingerprint density at radius 2 is 2.36 bits per heavy atom. The summed E-state index contributed by atoms with van der Waals surface area (Å²) in [6.07, 6.45) is 7.98. The third kappa shape index (κ3) is 1.58. The number of hydrogen-bond donors (Lipinski definition) is 1. The predicted molar refractivity (Wildman–Crippen MR) is 55.7 cm³/mol. The molecule has 0 aromatic carbocycles. The first-order valence-corrected chi connectivity index (χ1v) is 4.83. The average molecular weight is 190 g/mol. The second-order valence-electron chi connectivity index (χ2n) is 3.87. The van der Waals surface area contributed by atoms with Crippen molar-refractivity contribution in [2.45, 2.75) is 19.9 Å². The Morgan fingerprint density at radius 3 is 3.00 bits per heavy atom. The summed E-state index contributed by atoms with van der Waals surface area (Å²) in [6.45, 7) is 4.61. The molecule has 0 unspecified atom stereocenters. The van der Waals surface area contributed by atoms with E-state index in [4.69, 9.17) is 0 Å². The molecule has 3 nitrogen and oxygen atoms in total. The molecule has 2 rings (SSSR count). The minimum Gasteiger partial charge on any atom is -0.336 e. The molecule has 0 atom stereocenters. The van der Waals surface area contributed by atoms with Crippen molar-refractivity contribution >= 4 is 6.03 Å². The smallest absolute Gasteiger partial charge is 0.321 e. The van der Waals surface area contributed by atoms with Gasteiger partial charge in [-0.3, -0.25) is 4.90 Å². The maximum atomic E-state index is 11.6. The summed E-state index contributed by atoms with van der Waals surface area (Å²) in [6, 6.07) is 0.169. The molecule has 0 saturated carbocycles.